The van der Waals surface area contributed by atoms with Crippen molar-refractivity contribution in [1.82, 2.24) is 5.32 Å². The zero-order valence-corrected chi connectivity index (χ0v) is 41.8. The van der Waals surface area contributed by atoms with Crippen LogP contribution in [0.4, 0.5) is 0 Å². The van der Waals surface area contributed by atoms with E-state index >= 15 is 0 Å². The molecule has 2 unspecified atom stereocenters. The van der Waals surface area contributed by atoms with Crippen molar-refractivity contribution >= 4 is 11.9 Å². The minimum atomic E-state index is -0.856. The number of aliphatic hydroxyl groups excluding tert-OH is 2. The van der Waals surface area contributed by atoms with Gasteiger partial charge in [0.15, 0.2) is 0 Å². The van der Waals surface area contributed by atoms with Crippen LogP contribution < -0.4 is 5.32 Å². The van der Waals surface area contributed by atoms with E-state index in [-0.39, 0.29) is 18.5 Å². The standard InChI is InChI=1S/C57H105NO5/c1-3-5-7-9-11-13-15-17-19-20-22-25-29-33-37-41-45-49-55(60)54(53-59)58-56(61)50-46-42-38-34-30-26-23-21-24-28-32-36-40-44-48-52-63-57(62)51-47-43-39-35-31-27-18-16-14-12-10-8-6-4-2/h10,12,16,18,24,28,45,49,54-55,59-60H,3-9,11,13-15,17,19-23,25-27,29-44,46-48,50-53H2,1-2H3,(H,58,61)/b12-10-,18-16-,28-24-,49-45+. The first kappa shape index (κ1) is 60.8. The van der Waals surface area contributed by atoms with Gasteiger partial charge in [0.25, 0.3) is 0 Å². The Bertz CT molecular complexity index is 1070. The molecule has 368 valence electrons. The van der Waals surface area contributed by atoms with Gasteiger partial charge in [-0.15, -0.1) is 0 Å². The first-order valence-corrected chi connectivity index (χ1v) is 27.4. The summed E-state index contributed by atoms with van der Waals surface area (Å²) in [7, 11) is 0. The molecule has 0 aromatic rings. The van der Waals surface area contributed by atoms with E-state index in [0.717, 1.165) is 83.5 Å². The van der Waals surface area contributed by atoms with Crippen molar-refractivity contribution in [3.8, 4) is 0 Å². The molecule has 0 heterocycles. The Labute approximate surface area is 391 Å². The fourth-order valence-corrected chi connectivity index (χ4v) is 8.06. The Morgan fingerprint density at radius 1 is 0.444 bits per heavy atom. The number of unbranched alkanes of at least 4 members (excludes halogenated alkanes) is 33. The highest BCUT2D eigenvalue weighted by Gasteiger charge is 2.18. The lowest BCUT2D eigenvalue weighted by Gasteiger charge is -2.20. The topological polar surface area (TPSA) is 95.9 Å². The summed E-state index contributed by atoms with van der Waals surface area (Å²) in [5.41, 5.74) is 0. The number of ether oxygens (including phenoxy) is 1. The highest BCUT2D eigenvalue weighted by atomic mass is 16.5. The molecule has 3 N–H and O–H groups in total. The zero-order chi connectivity index (χ0) is 45.8. The Balaban J connectivity index is 3.53. The summed E-state index contributed by atoms with van der Waals surface area (Å²) in [6, 6.07) is -0.641. The molecule has 2 atom stereocenters. The molecule has 1 amide bonds. The molecule has 6 heteroatoms. The summed E-state index contributed by atoms with van der Waals surface area (Å²) < 4.78 is 5.44. The third-order valence-corrected chi connectivity index (χ3v) is 12.3. The van der Waals surface area contributed by atoms with E-state index in [1.807, 2.05) is 6.08 Å². The molecule has 63 heavy (non-hydrogen) atoms. The lowest BCUT2D eigenvalue weighted by Crippen LogP contribution is -2.45. The van der Waals surface area contributed by atoms with Crippen LogP contribution in [0.3, 0.4) is 0 Å². The molecule has 0 aliphatic carbocycles. The quantitative estimate of drug-likeness (QED) is 0.0321. The molecule has 0 spiro atoms. The monoisotopic (exact) mass is 884 g/mol. The summed E-state index contributed by atoms with van der Waals surface area (Å²) in [6.45, 7) is 4.82. The summed E-state index contributed by atoms with van der Waals surface area (Å²) >= 11 is 0. The number of carbonyl (C=O) groups is 2. The lowest BCUT2D eigenvalue weighted by atomic mass is 10.0. The predicted octanol–water partition coefficient (Wildman–Crippen LogP) is 16.6. The normalized spacial score (nSPS) is 13.0. The third-order valence-electron chi connectivity index (χ3n) is 12.3. The van der Waals surface area contributed by atoms with E-state index in [2.05, 4.69) is 55.6 Å². The summed E-state index contributed by atoms with van der Waals surface area (Å²) in [4.78, 5) is 24.5. The van der Waals surface area contributed by atoms with Crippen LogP contribution in [0.15, 0.2) is 48.6 Å². The Hall–Kier alpha value is -2.18. The van der Waals surface area contributed by atoms with Gasteiger partial charge in [-0.2, -0.15) is 0 Å². The maximum absolute atomic E-state index is 12.4. The number of hydrogen-bond donors (Lipinski definition) is 3. The summed E-state index contributed by atoms with van der Waals surface area (Å²) in [5.74, 6) is -0.110. The van der Waals surface area contributed by atoms with Gasteiger partial charge in [0.1, 0.15) is 0 Å². The van der Waals surface area contributed by atoms with E-state index in [1.165, 1.54) is 167 Å². The third kappa shape index (κ3) is 49.1. The van der Waals surface area contributed by atoms with Crippen LogP contribution in [-0.4, -0.2) is 47.4 Å². The molecule has 0 aliphatic rings. The van der Waals surface area contributed by atoms with Gasteiger partial charge in [-0.1, -0.05) is 229 Å². The van der Waals surface area contributed by atoms with Crippen LogP contribution in [0.2, 0.25) is 0 Å². The van der Waals surface area contributed by atoms with Gasteiger partial charge in [-0.3, -0.25) is 9.59 Å². The van der Waals surface area contributed by atoms with Gasteiger partial charge in [0.2, 0.25) is 5.91 Å². The number of allylic oxidation sites excluding steroid dienone is 7. The highest BCUT2D eigenvalue weighted by Crippen LogP contribution is 2.15. The van der Waals surface area contributed by atoms with Crippen LogP contribution >= 0.6 is 0 Å². The molecule has 6 nitrogen and oxygen atoms in total. The van der Waals surface area contributed by atoms with E-state index in [0.29, 0.717) is 19.4 Å². The first-order valence-electron chi connectivity index (χ1n) is 27.4. The maximum atomic E-state index is 12.4. The molecule has 0 saturated heterocycles. The molecule has 0 fully saturated rings. The number of rotatable bonds is 50. The molecule has 0 aromatic heterocycles. The number of nitrogens with one attached hydrogen (secondary N) is 1. The molecular formula is C57H105NO5. The molecule has 0 radical (unpaired) electrons. The minimum Gasteiger partial charge on any atom is -0.466 e. The number of aliphatic hydroxyl groups is 2. The van der Waals surface area contributed by atoms with Gasteiger partial charge < -0.3 is 20.3 Å². The second kappa shape index (κ2) is 52.4. The molecular weight excluding hydrogens is 779 g/mol. The van der Waals surface area contributed by atoms with Crippen LogP contribution in [0.1, 0.15) is 277 Å². The van der Waals surface area contributed by atoms with Crippen molar-refractivity contribution in [3.63, 3.8) is 0 Å². The molecule has 0 aliphatic heterocycles. The summed E-state index contributed by atoms with van der Waals surface area (Å²) in [5, 5.41) is 23.1. The predicted molar refractivity (Wildman–Crippen MR) is 273 cm³/mol. The number of hydrogen-bond acceptors (Lipinski definition) is 5. The highest BCUT2D eigenvalue weighted by molar-refractivity contribution is 5.76. The zero-order valence-electron chi connectivity index (χ0n) is 41.8. The van der Waals surface area contributed by atoms with Crippen LogP contribution in [0.5, 0.6) is 0 Å². The Kier molecular flexibility index (Phi) is 50.6. The molecule has 0 bridgehead atoms. The SMILES string of the molecule is CCCC/C=C\C/C=C\CCCCCCCC(=O)OCCCCCC/C=C\CCCCCCCCCC(=O)NC(CO)C(O)/C=C/CCCCCCCCCCCCCCCCC. The number of carbonyl (C=O) groups excluding carboxylic acids is 2. The van der Waals surface area contributed by atoms with Crippen LogP contribution in [0.25, 0.3) is 0 Å². The van der Waals surface area contributed by atoms with Crippen molar-refractivity contribution in [2.24, 2.45) is 0 Å². The Morgan fingerprint density at radius 2 is 0.810 bits per heavy atom. The van der Waals surface area contributed by atoms with Gasteiger partial charge in [-0.25, -0.2) is 0 Å². The van der Waals surface area contributed by atoms with Gasteiger partial charge >= 0.3 is 5.97 Å². The summed E-state index contributed by atoms with van der Waals surface area (Å²) in [6.07, 6.45) is 65.4. The minimum absolute atomic E-state index is 0.0264. The average molecular weight is 884 g/mol. The average Bonchev–Trinajstić information content (AvgIpc) is 3.28. The molecule has 0 aromatic carbocycles. The van der Waals surface area contributed by atoms with Crippen molar-refractivity contribution in [2.45, 2.75) is 289 Å². The Morgan fingerprint density at radius 3 is 1.27 bits per heavy atom. The van der Waals surface area contributed by atoms with Crippen molar-refractivity contribution in [2.75, 3.05) is 13.2 Å². The van der Waals surface area contributed by atoms with Crippen molar-refractivity contribution in [1.29, 1.82) is 0 Å². The van der Waals surface area contributed by atoms with Gasteiger partial charge in [0.05, 0.1) is 25.4 Å². The fourth-order valence-electron chi connectivity index (χ4n) is 8.06. The molecule has 0 saturated carbocycles. The number of esters is 1. The second-order valence-electron chi connectivity index (χ2n) is 18.5. The first-order chi connectivity index (χ1) is 31.0. The lowest BCUT2D eigenvalue weighted by molar-refractivity contribution is -0.143. The van der Waals surface area contributed by atoms with Gasteiger partial charge in [-0.05, 0) is 83.5 Å². The van der Waals surface area contributed by atoms with E-state index in [4.69, 9.17) is 4.74 Å². The van der Waals surface area contributed by atoms with Crippen molar-refractivity contribution in [3.05, 3.63) is 48.6 Å². The van der Waals surface area contributed by atoms with Crippen LogP contribution in [0, 0.1) is 0 Å². The fraction of sp³-hybridized carbons (Fsp3) is 0.825. The second-order valence-corrected chi connectivity index (χ2v) is 18.5. The van der Waals surface area contributed by atoms with Gasteiger partial charge in [0, 0.05) is 12.8 Å². The van der Waals surface area contributed by atoms with E-state index in [1.54, 1.807) is 6.08 Å². The maximum Gasteiger partial charge on any atom is 0.305 e. The van der Waals surface area contributed by atoms with E-state index < -0.39 is 12.1 Å². The molecule has 0 rings (SSSR count). The number of amides is 1. The largest absolute Gasteiger partial charge is 0.466 e. The van der Waals surface area contributed by atoms with E-state index in [9.17, 15) is 19.8 Å². The van der Waals surface area contributed by atoms with Crippen LogP contribution in [-0.2, 0) is 14.3 Å². The smallest absolute Gasteiger partial charge is 0.305 e. The van der Waals surface area contributed by atoms with Crippen molar-refractivity contribution < 1.29 is 24.5 Å².